The van der Waals surface area contributed by atoms with E-state index in [0.717, 1.165) is 18.7 Å². The van der Waals surface area contributed by atoms with Crippen LogP contribution in [0.5, 0.6) is 5.75 Å². The standard InChI is InChI=1S/C17H25NO3/c1-3-18-16(17(19)20-2)10-11-21-15-9-8-13-6-4-5-7-14(13)12-15/h8-9,12,16,18H,3-7,10-11H2,1-2H3. The summed E-state index contributed by atoms with van der Waals surface area (Å²) in [5.74, 6) is 0.668. The van der Waals surface area contributed by atoms with Gasteiger partial charge in [-0.1, -0.05) is 13.0 Å². The molecular weight excluding hydrogens is 266 g/mol. The third-order valence-corrected chi connectivity index (χ3v) is 3.93. The SMILES string of the molecule is CCNC(CCOc1ccc2c(c1)CCCC2)C(=O)OC. The van der Waals surface area contributed by atoms with E-state index in [1.54, 1.807) is 0 Å². The molecule has 1 aromatic carbocycles. The van der Waals surface area contributed by atoms with Crippen LogP contribution in [0.2, 0.25) is 0 Å². The number of aryl methyl sites for hydroxylation is 2. The minimum Gasteiger partial charge on any atom is -0.494 e. The fourth-order valence-electron chi connectivity index (χ4n) is 2.79. The Hall–Kier alpha value is -1.55. The molecule has 1 aliphatic carbocycles. The largest absolute Gasteiger partial charge is 0.494 e. The maximum atomic E-state index is 11.6. The van der Waals surface area contributed by atoms with Crippen LogP contribution in [-0.4, -0.2) is 32.3 Å². The van der Waals surface area contributed by atoms with E-state index >= 15 is 0 Å². The van der Waals surface area contributed by atoms with E-state index in [4.69, 9.17) is 9.47 Å². The summed E-state index contributed by atoms with van der Waals surface area (Å²) in [4.78, 5) is 11.6. The van der Waals surface area contributed by atoms with Crippen LogP contribution in [0.4, 0.5) is 0 Å². The third-order valence-electron chi connectivity index (χ3n) is 3.93. The van der Waals surface area contributed by atoms with E-state index in [1.807, 2.05) is 13.0 Å². The molecule has 0 spiro atoms. The zero-order valence-corrected chi connectivity index (χ0v) is 13.0. The minimum atomic E-state index is -0.294. The van der Waals surface area contributed by atoms with Gasteiger partial charge < -0.3 is 14.8 Å². The van der Waals surface area contributed by atoms with Crippen molar-refractivity contribution in [1.82, 2.24) is 5.32 Å². The van der Waals surface area contributed by atoms with Crippen LogP contribution in [0.25, 0.3) is 0 Å². The molecular formula is C17H25NO3. The molecule has 0 heterocycles. The predicted octanol–water partition coefficient (Wildman–Crippen LogP) is 2.49. The number of nitrogens with one attached hydrogen (secondary N) is 1. The molecule has 116 valence electrons. The second-order valence-corrected chi connectivity index (χ2v) is 5.41. The second kappa shape index (κ2) is 8.03. The number of likely N-dealkylation sites (N-methyl/N-ethyl adjacent to an activating group) is 1. The molecule has 1 aromatic rings. The molecule has 0 saturated heterocycles. The molecule has 0 radical (unpaired) electrons. The lowest BCUT2D eigenvalue weighted by atomic mass is 9.92. The average molecular weight is 291 g/mol. The summed E-state index contributed by atoms with van der Waals surface area (Å²) in [5, 5.41) is 3.11. The molecule has 0 saturated carbocycles. The normalized spacial score (nSPS) is 15.1. The maximum absolute atomic E-state index is 11.6. The number of carbonyl (C=O) groups excluding carboxylic acids is 1. The molecule has 0 bridgehead atoms. The number of ether oxygens (including phenoxy) is 2. The summed E-state index contributed by atoms with van der Waals surface area (Å²) in [6, 6.07) is 6.06. The summed E-state index contributed by atoms with van der Waals surface area (Å²) in [5.41, 5.74) is 2.86. The van der Waals surface area contributed by atoms with Crippen molar-refractivity contribution < 1.29 is 14.3 Å². The quantitative estimate of drug-likeness (QED) is 0.784. The van der Waals surface area contributed by atoms with E-state index in [-0.39, 0.29) is 12.0 Å². The first-order valence-corrected chi connectivity index (χ1v) is 7.80. The molecule has 21 heavy (non-hydrogen) atoms. The summed E-state index contributed by atoms with van der Waals surface area (Å²) in [7, 11) is 1.41. The first-order valence-electron chi connectivity index (χ1n) is 7.80. The van der Waals surface area contributed by atoms with Crippen LogP contribution >= 0.6 is 0 Å². The molecule has 0 aliphatic heterocycles. The average Bonchev–Trinajstić information content (AvgIpc) is 2.53. The first-order chi connectivity index (χ1) is 10.2. The fourth-order valence-corrected chi connectivity index (χ4v) is 2.79. The molecule has 1 N–H and O–H groups in total. The molecule has 0 amide bonds. The number of hydrogen-bond donors (Lipinski definition) is 1. The first kappa shape index (κ1) is 15.8. The van der Waals surface area contributed by atoms with Gasteiger partial charge in [-0.15, -0.1) is 0 Å². The number of benzene rings is 1. The Balaban J connectivity index is 1.86. The number of esters is 1. The van der Waals surface area contributed by atoms with Crippen molar-refractivity contribution in [3.05, 3.63) is 29.3 Å². The van der Waals surface area contributed by atoms with Crippen LogP contribution in [0, 0.1) is 0 Å². The van der Waals surface area contributed by atoms with Crippen LogP contribution in [0.3, 0.4) is 0 Å². The van der Waals surface area contributed by atoms with Gasteiger partial charge in [0.15, 0.2) is 0 Å². The smallest absolute Gasteiger partial charge is 0.322 e. The minimum absolute atomic E-state index is 0.231. The number of fused-ring (bicyclic) bond motifs is 1. The molecule has 0 aromatic heterocycles. The third kappa shape index (κ3) is 4.46. The van der Waals surface area contributed by atoms with Gasteiger partial charge in [0, 0.05) is 6.42 Å². The highest BCUT2D eigenvalue weighted by molar-refractivity contribution is 5.75. The van der Waals surface area contributed by atoms with Gasteiger partial charge in [0.05, 0.1) is 13.7 Å². The molecule has 1 aliphatic rings. The van der Waals surface area contributed by atoms with E-state index in [9.17, 15) is 4.79 Å². The Morgan fingerprint density at radius 3 is 2.76 bits per heavy atom. The summed E-state index contributed by atoms with van der Waals surface area (Å²) < 4.78 is 10.6. The van der Waals surface area contributed by atoms with E-state index in [0.29, 0.717) is 13.0 Å². The monoisotopic (exact) mass is 291 g/mol. The summed E-state index contributed by atoms with van der Waals surface area (Å²) in [6.45, 7) is 3.21. The van der Waals surface area contributed by atoms with Gasteiger partial charge in [-0.2, -0.15) is 0 Å². The van der Waals surface area contributed by atoms with Crippen molar-refractivity contribution >= 4 is 5.97 Å². The van der Waals surface area contributed by atoms with Gasteiger partial charge in [0.1, 0.15) is 11.8 Å². The highest BCUT2D eigenvalue weighted by Gasteiger charge is 2.17. The van der Waals surface area contributed by atoms with Crippen LogP contribution in [0.15, 0.2) is 18.2 Å². The molecule has 1 atom stereocenters. The highest BCUT2D eigenvalue weighted by Crippen LogP contribution is 2.25. The Bertz CT molecular complexity index is 473. The summed E-state index contributed by atoms with van der Waals surface area (Å²) in [6.07, 6.45) is 5.49. The predicted molar refractivity (Wildman–Crippen MR) is 82.7 cm³/mol. The molecule has 4 nitrogen and oxygen atoms in total. The molecule has 2 rings (SSSR count). The molecule has 4 heteroatoms. The molecule has 0 fully saturated rings. The van der Waals surface area contributed by atoms with Gasteiger partial charge in [-0.25, -0.2) is 0 Å². The van der Waals surface area contributed by atoms with Crippen LogP contribution < -0.4 is 10.1 Å². The second-order valence-electron chi connectivity index (χ2n) is 5.41. The van der Waals surface area contributed by atoms with E-state index in [1.165, 1.54) is 37.5 Å². The Kier molecular flexibility index (Phi) is 6.05. The van der Waals surface area contributed by atoms with Crippen molar-refractivity contribution in [2.24, 2.45) is 0 Å². The number of carbonyl (C=O) groups is 1. The zero-order chi connectivity index (χ0) is 15.1. The number of hydrogen-bond acceptors (Lipinski definition) is 4. The lowest BCUT2D eigenvalue weighted by Gasteiger charge is -2.18. The number of methoxy groups -OCH3 is 1. The van der Waals surface area contributed by atoms with Crippen molar-refractivity contribution in [3.8, 4) is 5.75 Å². The highest BCUT2D eigenvalue weighted by atomic mass is 16.5. The van der Waals surface area contributed by atoms with Gasteiger partial charge >= 0.3 is 5.97 Å². The Morgan fingerprint density at radius 2 is 2.05 bits per heavy atom. The lowest BCUT2D eigenvalue weighted by Crippen LogP contribution is -2.38. The van der Waals surface area contributed by atoms with Gasteiger partial charge in [0.25, 0.3) is 0 Å². The van der Waals surface area contributed by atoms with E-state index in [2.05, 4.69) is 17.4 Å². The van der Waals surface area contributed by atoms with Crippen LogP contribution in [0.1, 0.15) is 37.3 Å². The van der Waals surface area contributed by atoms with Crippen LogP contribution in [-0.2, 0) is 22.4 Å². The Labute approximate surface area is 126 Å². The van der Waals surface area contributed by atoms with Crippen molar-refractivity contribution in [1.29, 1.82) is 0 Å². The number of rotatable bonds is 7. The summed E-state index contributed by atoms with van der Waals surface area (Å²) >= 11 is 0. The van der Waals surface area contributed by atoms with Gasteiger partial charge in [-0.05, 0) is 55.5 Å². The molecule has 1 unspecified atom stereocenters. The zero-order valence-electron chi connectivity index (χ0n) is 13.0. The topological polar surface area (TPSA) is 47.6 Å². The van der Waals surface area contributed by atoms with Gasteiger partial charge in [-0.3, -0.25) is 4.79 Å². The fraction of sp³-hybridized carbons (Fsp3) is 0.588. The maximum Gasteiger partial charge on any atom is 0.322 e. The van der Waals surface area contributed by atoms with Crippen molar-refractivity contribution in [2.45, 2.75) is 45.1 Å². The lowest BCUT2D eigenvalue weighted by molar-refractivity contribution is -0.143. The van der Waals surface area contributed by atoms with E-state index < -0.39 is 0 Å². The van der Waals surface area contributed by atoms with Gasteiger partial charge in [0.2, 0.25) is 0 Å². The Morgan fingerprint density at radius 1 is 1.29 bits per heavy atom. The van der Waals surface area contributed by atoms with Crippen molar-refractivity contribution in [3.63, 3.8) is 0 Å². The van der Waals surface area contributed by atoms with Crippen molar-refractivity contribution in [2.75, 3.05) is 20.3 Å².